The zero-order chi connectivity index (χ0) is 12.4. The molecule has 1 aliphatic carbocycles. The molecule has 1 aromatic heterocycles. The van der Waals surface area contributed by atoms with E-state index in [-0.39, 0.29) is 17.5 Å². The van der Waals surface area contributed by atoms with Crippen molar-refractivity contribution in [3.8, 4) is 5.88 Å². The molecule has 0 spiro atoms. The first kappa shape index (κ1) is 11.7. The van der Waals surface area contributed by atoms with Crippen LogP contribution in [0.5, 0.6) is 5.88 Å². The molecule has 3 rings (SSSR count). The molecule has 6 heteroatoms. The molecule has 98 valence electrons. The van der Waals surface area contributed by atoms with E-state index in [0.717, 1.165) is 25.9 Å². The predicted molar refractivity (Wildman–Crippen MR) is 64.9 cm³/mol. The minimum atomic E-state index is -0.135. The summed E-state index contributed by atoms with van der Waals surface area (Å²) in [7, 11) is 0. The Morgan fingerprint density at radius 2 is 2.44 bits per heavy atom. The van der Waals surface area contributed by atoms with Gasteiger partial charge < -0.3 is 19.4 Å². The lowest BCUT2D eigenvalue weighted by molar-refractivity contribution is -0.00119. The number of morpholine rings is 1. The quantitative estimate of drug-likeness (QED) is 0.812. The Labute approximate surface area is 105 Å². The number of hydrogen-bond donors (Lipinski definition) is 1. The summed E-state index contributed by atoms with van der Waals surface area (Å²) in [4.78, 5) is 16.0. The Bertz CT molecular complexity index is 464. The van der Waals surface area contributed by atoms with E-state index in [4.69, 9.17) is 9.47 Å². The van der Waals surface area contributed by atoms with Crippen LogP contribution in [0.15, 0.2) is 17.2 Å². The maximum Gasteiger partial charge on any atom is 0.313 e. The van der Waals surface area contributed by atoms with Gasteiger partial charge in [-0.15, -0.1) is 0 Å². The average molecular weight is 251 g/mol. The fourth-order valence-electron chi connectivity index (χ4n) is 2.04. The standard InChI is InChI=1S/C12H17N3O3/c16-12-11(14-3-5-15(12)9-1-2-9)18-8-10-7-13-4-6-17-10/h3,5,9-10,13H,1-2,4,6-8H2. The van der Waals surface area contributed by atoms with Crippen LogP contribution in [-0.4, -0.2) is 42.0 Å². The topological polar surface area (TPSA) is 65.4 Å². The van der Waals surface area contributed by atoms with Crippen molar-refractivity contribution < 1.29 is 9.47 Å². The lowest BCUT2D eigenvalue weighted by Crippen LogP contribution is -2.42. The fourth-order valence-corrected chi connectivity index (χ4v) is 2.04. The number of nitrogens with one attached hydrogen (secondary N) is 1. The molecule has 1 atom stereocenters. The van der Waals surface area contributed by atoms with E-state index >= 15 is 0 Å². The van der Waals surface area contributed by atoms with Crippen molar-refractivity contribution in [2.75, 3.05) is 26.3 Å². The van der Waals surface area contributed by atoms with E-state index in [1.807, 2.05) is 0 Å². The number of nitrogens with zero attached hydrogens (tertiary/aromatic N) is 2. The van der Waals surface area contributed by atoms with Gasteiger partial charge in [0.05, 0.1) is 6.61 Å². The second kappa shape index (κ2) is 5.07. The van der Waals surface area contributed by atoms with E-state index < -0.39 is 0 Å². The van der Waals surface area contributed by atoms with Crippen molar-refractivity contribution in [2.45, 2.75) is 25.0 Å². The minimum Gasteiger partial charge on any atom is -0.471 e. The predicted octanol–water partition coefficient (Wildman–Crippen LogP) is -0.0546. The molecule has 2 fully saturated rings. The van der Waals surface area contributed by atoms with E-state index in [0.29, 0.717) is 19.3 Å². The molecular formula is C12H17N3O3. The second-order valence-electron chi connectivity index (χ2n) is 4.68. The summed E-state index contributed by atoms with van der Waals surface area (Å²) >= 11 is 0. The summed E-state index contributed by atoms with van der Waals surface area (Å²) in [5, 5.41) is 3.22. The third-order valence-corrected chi connectivity index (χ3v) is 3.19. The number of hydrogen-bond acceptors (Lipinski definition) is 5. The van der Waals surface area contributed by atoms with Crippen molar-refractivity contribution in [1.82, 2.24) is 14.9 Å². The van der Waals surface area contributed by atoms with E-state index in [2.05, 4.69) is 10.3 Å². The Morgan fingerprint density at radius 3 is 3.17 bits per heavy atom. The van der Waals surface area contributed by atoms with Gasteiger partial charge in [0.25, 0.3) is 5.88 Å². The van der Waals surface area contributed by atoms with Crippen molar-refractivity contribution >= 4 is 0 Å². The van der Waals surface area contributed by atoms with Crippen LogP contribution in [-0.2, 0) is 4.74 Å². The Balaban J connectivity index is 1.65. The van der Waals surface area contributed by atoms with Crippen LogP contribution in [0.3, 0.4) is 0 Å². The van der Waals surface area contributed by atoms with Gasteiger partial charge in [-0.3, -0.25) is 4.79 Å². The molecule has 2 heterocycles. The molecule has 1 aromatic rings. The van der Waals surface area contributed by atoms with Gasteiger partial charge in [0.1, 0.15) is 12.7 Å². The molecule has 0 amide bonds. The van der Waals surface area contributed by atoms with Gasteiger partial charge in [0.2, 0.25) is 0 Å². The minimum absolute atomic E-state index is 0.00506. The maximum atomic E-state index is 12.0. The van der Waals surface area contributed by atoms with Crippen LogP contribution in [0.2, 0.25) is 0 Å². The molecule has 0 aromatic carbocycles. The molecule has 2 aliphatic rings. The monoisotopic (exact) mass is 251 g/mol. The SMILES string of the molecule is O=c1c(OCC2CNCCO2)nccn1C1CC1. The third-order valence-electron chi connectivity index (χ3n) is 3.19. The highest BCUT2D eigenvalue weighted by Gasteiger charge is 2.25. The van der Waals surface area contributed by atoms with Gasteiger partial charge >= 0.3 is 5.56 Å². The van der Waals surface area contributed by atoms with Crippen LogP contribution in [0.1, 0.15) is 18.9 Å². The first-order valence-electron chi connectivity index (χ1n) is 6.37. The summed E-state index contributed by atoms with van der Waals surface area (Å²) in [6.45, 7) is 2.67. The van der Waals surface area contributed by atoms with E-state index in [9.17, 15) is 4.79 Å². The summed E-state index contributed by atoms with van der Waals surface area (Å²) in [6, 6.07) is 0.343. The number of ether oxygens (including phenoxy) is 2. The average Bonchev–Trinajstić information content (AvgIpc) is 3.23. The van der Waals surface area contributed by atoms with Gasteiger partial charge in [-0.25, -0.2) is 4.98 Å². The molecule has 1 N–H and O–H groups in total. The van der Waals surface area contributed by atoms with Crippen molar-refractivity contribution in [1.29, 1.82) is 0 Å². The van der Waals surface area contributed by atoms with Crippen molar-refractivity contribution in [3.05, 3.63) is 22.7 Å². The number of aromatic nitrogens is 2. The van der Waals surface area contributed by atoms with Crippen molar-refractivity contribution in [2.24, 2.45) is 0 Å². The largest absolute Gasteiger partial charge is 0.471 e. The maximum absolute atomic E-state index is 12.0. The zero-order valence-electron chi connectivity index (χ0n) is 10.2. The normalized spacial score (nSPS) is 23.9. The molecule has 1 aliphatic heterocycles. The fraction of sp³-hybridized carbons (Fsp3) is 0.667. The van der Waals surface area contributed by atoms with Crippen molar-refractivity contribution in [3.63, 3.8) is 0 Å². The van der Waals surface area contributed by atoms with Crippen LogP contribution in [0, 0.1) is 0 Å². The number of rotatable bonds is 4. The van der Waals surface area contributed by atoms with Gasteiger partial charge in [0.15, 0.2) is 0 Å². The highest BCUT2D eigenvalue weighted by molar-refractivity contribution is 5.07. The van der Waals surface area contributed by atoms with Crippen LogP contribution >= 0.6 is 0 Å². The molecular weight excluding hydrogens is 234 g/mol. The van der Waals surface area contributed by atoms with Gasteiger partial charge in [-0.2, -0.15) is 0 Å². The van der Waals surface area contributed by atoms with Gasteiger partial charge in [0, 0.05) is 31.5 Å². The first-order valence-corrected chi connectivity index (χ1v) is 6.37. The van der Waals surface area contributed by atoms with E-state index in [1.165, 1.54) is 0 Å². The van der Waals surface area contributed by atoms with Gasteiger partial charge in [-0.05, 0) is 12.8 Å². The molecule has 18 heavy (non-hydrogen) atoms. The highest BCUT2D eigenvalue weighted by atomic mass is 16.5. The summed E-state index contributed by atoms with van der Waals surface area (Å²) in [5.74, 6) is 0.179. The van der Waals surface area contributed by atoms with Crippen LogP contribution < -0.4 is 15.6 Å². The summed E-state index contributed by atoms with van der Waals surface area (Å²) in [5.41, 5.74) is -0.135. The van der Waals surface area contributed by atoms with E-state index in [1.54, 1.807) is 17.0 Å². The molecule has 6 nitrogen and oxygen atoms in total. The lowest BCUT2D eigenvalue weighted by atomic mass is 10.3. The Kier molecular flexibility index (Phi) is 3.29. The zero-order valence-corrected chi connectivity index (χ0v) is 10.2. The smallest absolute Gasteiger partial charge is 0.313 e. The molecule has 0 radical (unpaired) electrons. The molecule has 1 saturated heterocycles. The van der Waals surface area contributed by atoms with Gasteiger partial charge in [-0.1, -0.05) is 0 Å². The molecule has 1 unspecified atom stereocenters. The third kappa shape index (κ3) is 2.54. The lowest BCUT2D eigenvalue weighted by Gasteiger charge is -2.23. The summed E-state index contributed by atoms with van der Waals surface area (Å²) < 4.78 is 12.7. The van der Waals surface area contributed by atoms with Crippen LogP contribution in [0.25, 0.3) is 0 Å². The Morgan fingerprint density at radius 1 is 1.56 bits per heavy atom. The second-order valence-corrected chi connectivity index (χ2v) is 4.68. The molecule has 0 bridgehead atoms. The summed E-state index contributed by atoms with van der Waals surface area (Å²) in [6.07, 6.45) is 5.48. The Hall–Kier alpha value is -1.40. The first-order chi connectivity index (χ1) is 8.84. The van der Waals surface area contributed by atoms with Crippen LogP contribution in [0.4, 0.5) is 0 Å². The highest BCUT2D eigenvalue weighted by Crippen LogP contribution is 2.33. The molecule has 1 saturated carbocycles.